The maximum absolute atomic E-state index is 12.4. The van der Waals surface area contributed by atoms with Gasteiger partial charge in [-0.1, -0.05) is 18.2 Å². The normalized spacial score (nSPS) is 18.6. The van der Waals surface area contributed by atoms with Crippen molar-refractivity contribution >= 4 is 29.3 Å². The van der Waals surface area contributed by atoms with Crippen molar-refractivity contribution in [2.24, 2.45) is 0 Å². The number of carbonyl (C=O) groups excluding carboxylic acids is 2. The largest absolute Gasteiger partial charge is 0.497 e. The number of hydrazine groups is 1. The van der Waals surface area contributed by atoms with Crippen LogP contribution in [0.15, 0.2) is 48.5 Å². The molecule has 1 saturated heterocycles. The summed E-state index contributed by atoms with van der Waals surface area (Å²) in [4.78, 5) is 24.5. The fraction of sp³-hybridized carbons (Fsp3) is 0.300. The van der Waals surface area contributed by atoms with E-state index in [0.717, 1.165) is 11.3 Å². The lowest BCUT2D eigenvalue weighted by molar-refractivity contribution is -0.125. The molecule has 29 heavy (non-hydrogen) atoms. The highest BCUT2D eigenvalue weighted by molar-refractivity contribution is 8.00. The number of methoxy groups -OCH3 is 2. The van der Waals surface area contributed by atoms with Crippen LogP contribution in [0.1, 0.15) is 5.56 Å². The highest BCUT2D eigenvalue weighted by atomic mass is 32.2. The molecule has 3 rings (SSSR count). The number of nitrogens with one attached hydrogen (secondary N) is 4. The third kappa shape index (κ3) is 6.11. The number of hydrogen-bond donors (Lipinski definition) is 4. The van der Waals surface area contributed by atoms with Crippen molar-refractivity contribution in [2.45, 2.75) is 18.0 Å². The van der Waals surface area contributed by atoms with Crippen LogP contribution in [-0.4, -0.2) is 43.3 Å². The minimum Gasteiger partial charge on any atom is -0.497 e. The summed E-state index contributed by atoms with van der Waals surface area (Å²) in [6.07, 6.45) is 0.538. The number of carbonyl (C=O) groups is 2. The van der Waals surface area contributed by atoms with E-state index in [1.54, 1.807) is 38.5 Å². The molecule has 154 valence electrons. The molecule has 0 saturated carbocycles. The zero-order valence-electron chi connectivity index (χ0n) is 16.2. The minimum absolute atomic E-state index is 0.120. The zero-order valence-corrected chi connectivity index (χ0v) is 17.0. The third-order valence-corrected chi connectivity index (χ3v) is 5.31. The molecule has 1 aliphatic rings. The molecule has 1 heterocycles. The lowest BCUT2D eigenvalue weighted by Crippen LogP contribution is -2.64. The molecule has 2 unspecified atom stereocenters. The first-order chi connectivity index (χ1) is 14.1. The van der Waals surface area contributed by atoms with E-state index >= 15 is 0 Å². The second kappa shape index (κ2) is 10.1. The van der Waals surface area contributed by atoms with Crippen LogP contribution in [0.2, 0.25) is 0 Å². The summed E-state index contributed by atoms with van der Waals surface area (Å²) < 4.78 is 10.3. The van der Waals surface area contributed by atoms with Gasteiger partial charge in [0.2, 0.25) is 11.8 Å². The van der Waals surface area contributed by atoms with Crippen molar-refractivity contribution < 1.29 is 19.1 Å². The van der Waals surface area contributed by atoms with Crippen molar-refractivity contribution in [3.8, 4) is 11.5 Å². The summed E-state index contributed by atoms with van der Waals surface area (Å²) in [5.41, 5.74) is 7.34. The first-order valence-corrected chi connectivity index (χ1v) is 10.1. The lowest BCUT2D eigenvalue weighted by Gasteiger charge is -2.31. The van der Waals surface area contributed by atoms with Crippen molar-refractivity contribution in [1.82, 2.24) is 16.2 Å². The van der Waals surface area contributed by atoms with Gasteiger partial charge < -0.3 is 20.1 Å². The van der Waals surface area contributed by atoms with E-state index in [1.165, 1.54) is 11.8 Å². The number of anilines is 1. The molecule has 0 aromatic heterocycles. The Morgan fingerprint density at radius 1 is 1.07 bits per heavy atom. The fourth-order valence-electron chi connectivity index (χ4n) is 2.79. The molecule has 0 spiro atoms. The van der Waals surface area contributed by atoms with Gasteiger partial charge in [0.25, 0.3) is 0 Å². The van der Waals surface area contributed by atoms with Crippen LogP contribution >= 0.6 is 11.8 Å². The number of benzene rings is 2. The molecular weight excluding hydrogens is 392 g/mol. The monoisotopic (exact) mass is 416 g/mol. The summed E-state index contributed by atoms with van der Waals surface area (Å²) in [6, 6.07) is 14.3. The number of ether oxygens (including phenoxy) is 2. The van der Waals surface area contributed by atoms with Gasteiger partial charge in [-0.3, -0.25) is 9.59 Å². The van der Waals surface area contributed by atoms with Crippen LogP contribution in [0.3, 0.4) is 0 Å². The van der Waals surface area contributed by atoms with Gasteiger partial charge in [-0.15, -0.1) is 11.8 Å². The Morgan fingerprint density at radius 3 is 2.52 bits per heavy atom. The Balaban J connectivity index is 1.43. The SMILES string of the molecule is COc1ccc(CC2NNC(SCC(=O)Nc3cccc(OC)c3)NC2=O)cc1. The molecule has 2 amide bonds. The number of hydrogen-bond acceptors (Lipinski definition) is 7. The zero-order chi connectivity index (χ0) is 20.6. The van der Waals surface area contributed by atoms with Gasteiger partial charge in [0.05, 0.1) is 20.0 Å². The molecule has 1 fully saturated rings. The summed E-state index contributed by atoms with van der Waals surface area (Å²) in [6.45, 7) is 0. The first-order valence-electron chi connectivity index (χ1n) is 9.07. The molecule has 0 aliphatic carbocycles. The molecule has 2 aromatic rings. The van der Waals surface area contributed by atoms with Gasteiger partial charge in [-0.05, 0) is 36.2 Å². The van der Waals surface area contributed by atoms with Crippen LogP contribution in [0, 0.1) is 0 Å². The van der Waals surface area contributed by atoms with Crippen LogP contribution in [0.4, 0.5) is 5.69 Å². The van der Waals surface area contributed by atoms with E-state index in [4.69, 9.17) is 9.47 Å². The molecule has 2 atom stereocenters. The van der Waals surface area contributed by atoms with E-state index in [2.05, 4.69) is 21.5 Å². The Kier molecular flexibility index (Phi) is 7.34. The average molecular weight is 417 g/mol. The molecule has 9 heteroatoms. The molecular formula is C20H24N4O4S. The van der Waals surface area contributed by atoms with E-state index in [1.807, 2.05) is 24.3 Å². The molecule has 1 aliphatic heterocycles. The van der Waals surface area contributed by atoms with Gasteiger partial charge in [0.1, 0.15) is 23.0 Å². The summed E-state index contributed by atoms with van der Waals surface area (Å²) >= 11 is 1.29. The van der Waals surface area contributed by atoms with E-state index in [9.17, 15) is 9.59 Å². The summed E-state index contributed by atoms with van der Waals surface area (Å²) in [7, 11) is 3.19. The Hall–Kier alpha value is -2.75. The molecule has 2 aromatic carbocycles. The smallest absolute Gasteiger partial charge is 0.240 e. The van der Waals surface area contributed by atoms with Gasteiger partial charge >= 0.3 is 0 Å². The molecule has 0 bridgehead atoms. The van der Waals surface area contributed by atoms with Crippen LogP contribution in [0.25, 0.3) is 0 Å². The molecule has 4 N–H and O–H groups in total. The molecule has 8 nitrogen and oxygen atoms in total. The second-order valence-electron chi connectivity index (χ2n) is 6.37. The van der Waals surface area contributed by atoms with E-state index < -0.39 is 11.5 Å². The highest BCUT2D eigenvalue weighted by Crippen LogP contribution is 2.18. The number of amides is 2. The third-order valence-electron chi connectivity index (χ3n) is 4.31. The van der Waals surface area contributed by atoms with Gasteiger partial charge in [0, 0.05) is 11.8 Å². The van der Waals surface area contributed by atoms with Crippen LogP contribution < -0.4 is 31.0 Å². The van der Waals surface area contributed by atoms with Gasteiger partial charge in [-0.25, -0.2) is 10.9 Å². The fourth-order valence-corrected chi connectivity index (χ4v) is 3.53. The van der Waals surface area contributed by atoms with Crippen molar-refractivity contribution in [3.63, 3.8) is 0 Å². The van der Waals surface area contributed by atoms with Crippen LogP contribution in [0.5, 0.6) is 11.5 Å². The summed E-state index contributed by atoms with van der Waals surface area (Å²) in [5.74, 6) is 1.34. The summed E-state index contributed by atoms with van der Waals surface area (Å²) in [5, 5.41) is 5.68. The second-order valence-corrected chi connectivity index (χ2v) is 7.47. The van der Waals surface area contributed by atoms with Crippen molar-refractivity contribution in [1.29, 1.82) is 0 Å². The minimum atomic E-state index is -0.398. The van der Waals surface area contributed by atoms with Crippen molar-refractivity contribution in [2.75, 3.05) is 25.3 Å². The van der Waals surface area contributed by atoms with E-state index in [-0.39, 0.29) is 17.6 Å². The Morgan fingerprint density at radius 2 is 1.83 bits per heavy atom. The first kappa shape index (κ1) is 21.0. The predicted octanol–water partition coefficient (Wildman–Crippen LogP) is 1.49. The Bertz CT molecular complexity index is 847. The quantitative estimate of drug-likeness (QED) is 0.517. The number of thioether (sulfide) groups is 1. The maximum atomic E-state index is 12.4. The lowest BCUT2D eigenvalue weighted by atomic mass is 10.1. The topological polar surface area (TPSA) is 101 Å². The standard InChI is InChI=1S/C20H24N4O4S/c1-27-15-8-6-13(7-9-15)10-17-19(26)22-20(24-23-17)29-12-18(25)21-14-4-3-5-16(11-14)28-2/h3-9,11,17,20,23-24H,10,12H2,1-2H3,(H,21,25)(H,22,26). The molecule has 0 radical (unpaired) electrons. The highest BCUT2D eigenvalue weighted by Gasteiger charge is 2.27. The van der Waals surface area contributed by atoms with E-state index in [0.29, 0.717) is 17.9 Å². The predicted molar refractivity (Wildman–Crippen MR) is 113 cm³/mol. The van der Waals surface area contributed by atoms with Crippen LogP contribution in [-0.2, 0) is 16.0 Å². The number of rotatable bonds is 8. The maximum Gasteiger partial charge on any atom is 0.240 e. The Labute approximate surface area is 173 Å². The van der Waals surface area contributed by atoms with Gasteiger partial charge in [0.15, 0.2) is 0 Å². The van der Waals surface area contributed by atoms with Crippen molar-refractivity contribution in [3.05, 3.63) is 54.1 Å². The van der Waals surface area contributed by atoms with Gasteiger partial charge in [-0.2, -0.15) is 0 Å². The average Bonchev–Trinajstić information content (AvgIpc) is 2.74.